The van der Waals surface area contributed by atoms with Gasteiger partial charge in [0.2, 0.25) is 5.95 Å². The molecular formula is C12H10F3N5O3. The Kier molecular flexibility index (Phi) is 4.20. The second-order valence-corrected chi connectivity index (χ2v) is 4.36. The number of nitro benzene ring substituents is 1. The van der Waals surface area contributed by atoms with E-state index in [-0.39, 0.29) is 11.5 Å². The number of aromatic nitrogens is 2. The predicted octanol–water partition coefficient (Wildman–Crippen LogP) is 2.46. The van der Waals surface area contributed by atoms with Crippen molar-refractivity contribution in [1.82, 2.24) is 9.66 Å². The highest BCUT2D eigenvalue weighted by Crippen LogP contribution is 2.28. The average molecular weight is 329 g/mol. The summed E-state index contributed by atoms with van der Waals surface area (Å²) in [6.07, 6.45) is -2.54. The zero-order valence-electron chi connectivity index (χ0n) is 11.6. The number of nitrogen functional groups attached to an aromatic ring is 1. The number of imidazole rings is 1. The van der Waals surface area contributed by atoms with Crippen LogP contribution in [0.15, 0.2) is 29.5 Å². The van der Waals surface area contributed by atoms with Crippen LogP contribution in [-0.2, 0) is 0 Å². The van der Waals surface area contributed by atoms with Crippen LogP contribution < -0.4 is 10.5 Å². The number of hydrogen-bond donors (Lipinski definition) is 1. The van der Waals surface area contributed by atoms with Crippen molar-refractivity contribution >= 4 is 17.9 Å². The second-order valence-electron chi connectivity index (χ2n) is 4.36. The van der Waals surface area contributed by atoms with Crippen molar-refractivity contribution < 1.29 is 22.8 Å². The van der Waals surface area contributed by atoms with Gasteiger partial charge in [-0.3, -0.25) is 10.1 Å². The molecule has 0 fully saturated rings. The normalized spacial score (nSPS) is 11.8. The fourth-order valence-corrected chi connectivity index (χ4v) is 1.69. The fourth-order valence-electron chi connectivity index (χ4n) is 1.69. The molecule has 0 aliphatic heterocycles. The van der Waals surface area contributed by atoms with Gasteiger partial charge in [-0.2, -0.15) is 5.10 Å². The van der Waals surface area contributed by atoms with E-state index in [4.69, 9.17) is 5.73 Å². The number of ether oxygens (including phenoxy) is 1. The lowest BCUT2D eigenvalue weighted by atomic mass is 10.2. The molecule has 0 saturated heterocycles. The standard InChI is InChI=1S/C12H10F3N5O3/c1-7-6-19(11(16)18-7)17-5-8-4-9(20(21)22)2-3-10(8)23-12(13,14)15/h2-6H,1H3,(H2,16,18). The number of alkyl halides is 3. The molecule has 2 aromatic rings. The molecule has 1 aromatic heterocycles. The third-order valence-electron chi connectivity index (χ3n) is 2.59. The number of halogens is 3. The van der Waals surface area contributed by atoms with Gasteiger partial charge in [0, 0.05) is 17.7 Å². The van der Waals surface area contributed by atoms with Gasteiger partial charge in [0.05, 0.1) is 23.0 Å². The van der Waals surface area contributed by atoms with Crippen molar-refractivity contribution in [3.8, 4) is 5.75 Å². The third kappa shape index (κ3) is 4.18. The minimum atomic E-state index is -4.94. The molecule has 11 heteroatoms. The Balaban J connectivity index is 2.42. The molecule has 2 rings (SSSR count). The van der Waals surface area contributed by atoms with Gasteiger partial charge in [0.25, 0.3) is 5.69 Å². The highest BCUT2D eigenvalue weighted by molar-refractivity contribution is 5.84. The molecule has 0 amide bonds. The van der Waals surface area contributed by atoms with Crippen LogP contribution in [0.25, 0.3) is 0 Å². The van der Waals surface area contributed by atoms with E-state index in [0.717, 1.165) is 29.1 Å². The Morgan fingerprint density at radius 1 is 1.48 bits per heavy atom. The van der Waals surface area contributed by atoms with E-state index in [9.17, 15) is 23.3 Å². The summed E-state index contributed by atoms with van der Waals surface area (Å²) in [6, 6.07) is 2.65. The number of non-ortho nitro benzene ring substituents is 1. The monoisotopic (exact) mass is 329 g/mol. The zero-order valence-corrected chi connectivity index (χ0v) is 11.6. The quantitative estimate of drug-likeness (QED) is 0.526. The summed E-state index contributed by atoms with van der Waals surface area (Å²) < 4.78 is 42.1. The van der Waals surface area contributed by atoms with Gasteiger partial charge in [-0.15, -0.1) is 13.2 Å². The van der Waals surface area contributed by atoms with Crippen LogP contribution in [-0.4, -0.2) is 27.2 Å². The number of nitrogens with zero attached hydrogens (tertiary/aromatic N) is 4. The summed E-state index contributed by atoms with van der Waals surface area (Å²) in [7, 11) is 0. The minimum Gasteiger partial charge on any atom is -0.405 e. The Morgan fingerprint density at radius 3 is 2.70 bits per heavy atom. The second kappa shape index (κ2) is 5.94. The van der Waals surface area contributed by atoms with Crippen LogP contribution in [0.1, 0.15) is 11.3 Å². The lowest BCUT2D eigenvalue weighted by molar-refractivity contribution is -0.385. The smallest absolute Gasteiger partial charge is 0.405 e. The van der Waals surface area contributed by atoms with Gasteiger partial charge in [-0.05, 0) is 13.0 Å². The summed E-state index contributed by atoms with van der Waals surface area (Å²) in [5.41, 5.74) is 5.45. The Labute approximate surface area is 127 Å². The number of rotatable bonds is 4. The van der Waals surface area contributed by atoms with E-state index >= 15 is 0 Å². The van der Waals surface area contributed by atoms with Gasteiger partial charge >= 0.3 is 6.36 Å². The Bertz CT molecular complexity index is 770. The van der Waals surface area contributed by atoms with Gasteiger partial charge in [-0.25, -0.2) is 9.66 Å². The molecule has 1 aromatic carbocycles. The summed E-state index contributed by atoms with van der Waals surface area (Å²) in [5.74, 6) is -0.607. The average Bonchev–Trinajstić information content (AvgIpc) is 2.74. The first-order valence-electron chi connectivity index (χ1n) is 6.06. The van der Waals surface area contributed by atoms with Crippen molar-refractivity contribution in [1.29, 1.82) is 0 Å². The first-order chi connectivity index (χ1) is 10.7. The molecule has 0 atom stereocenters. The van der Waals surface area contributed by atoms with E-state index in [1.807, 2.05) is 0 Å². The summed E-state index contributed by atoms with van der Waals surface area (Å²) in [5, 5.41) is 14.6. The van der Waals surface area contributed by atoms with E-state index in [1.54, 1.807) is 6.92 Å². The molecule has 2 N–H and O–H groups in total. The van der Waals surface area contributed by atoms with Gasteiger partial charge in [0.15, 0.2) is 0 Å². The first kappa shape index (κ1) is 16.3. The Hall–Kier alpha value is -3.11. The van der Waals surface area contributed by atoms with Crippen molar-refractivity contribution in [3.05, 3.63) is 45.8 Å². The molecule has 8 nitrogen and oxygen atoms in total. The molecule has 0 spiro atoms. The summed E-state index contributed by atoms with van der Waals surface area (Å²) in [6.45, 7) is 1.65. The third-order valence-corrected chi connectivity index (χ3v) is 2.59. The first-order valence-corrected chi connectivity index (χ1v) is 6.06. The maximum atomic E-state index is 12.4. The molecule has 23 heavy (non-hydrogen) atoms. The molecule has 0 unspecified atom stereocenters. The Morgan fingerprint density at radius 2 is 2.17 bits per heavy atom. The van der Waals surface area contributed by atoms with Crippen molar-refractivity contribution in [2.24, 2.45) is 5.10 Å². The molecule has 0 saturated carbocycles. The number of benzene rings is 1. The molecular weight excluding hydrogens is 319 g/mol. The van der Waals surface area contributed by atoms with E-state index in [2.05, 4.69) is 14.8 Å². The molecule has 122 valence electrons. The van der Waals surface area contributed by atoms with E-state index < -0.39 is 22.7 Å². The molecule has 0 bridgehead atoms. The van der Waals surface area contributed by atoms with Crippen LogP contribution in [0, 0.1) is 17.0 Å². The van der Waals surface area contributed by atoms with Crippen LogP contribution in [0.4, 0.5) is 24.8 Å². The largest absolute Gasteiger partial charge is 0.573 e. The fraction of sp³-hybridized carbons (Fsp3) is 0.167. The molecule has 0 aliphatic rings. The summed E-state index contributed by atoms with van der Waals surface area (Å²) >= 11 is 0. The highest BCUT2D eigenvalue weighted by atomic mass is 19.4. The summed E-state index contributed by atoms with van der Waals surface area (Å²) in [4.78, 5) is 13.9. The van der Waals surface area contributed by atoms with Crippen LogP contribution in [0.3, 0.4) is 0 Å². The predicted molar refractivity (Wildman–Crippen MR) is 74.1 cm³/mol. The lowest BCUT2D eigenvalue weighted by Gasteiger charge is -2.10. The van der Waals surface area contributed by atoms with Gasteiger partial charge < -0.3 is 10.5 Å². The maximum Gasteiger partial charge on any atom is 0.573 e. The van der Waals surface area contributed by atoms with Crippen LogP contribution >= 0.6 is 0 Å². The minimum absolute atomic E-state index is 0.0162. The van der Waals surface area contributed by atoms with Gasteiger partial charge in [-0.1, -0.05) is 0 Å². The van der Waals surface area contributed by atoms with Crippen LogP contribution in [0.2, 0.25) is 0 Å². The number of anilines is 1. The van der Waals surface area contributed by atoms with Crippen molar-refractivity contribution in [2.45, 2.75) is 13.3 Å². The van der Waals surface area contributed by atoms with E-state index in [1.165, 1.54) is 6.20 Å². The topological polar surface area (TPSA) is 109 Å². The highest BCUT2D eigenvalue weighted by Gasteiger charge is 2.32. The van der Waals surface area contributed by atoms with Crippen LogP contribution in [0.5, 0.6) is 5.75 Å². The SMILES string of the molecule is Cc1cn(N=Cc2cc([N+](=O)[O-])ccc2OC(F)(F)F)c(N)n1. The molecule has 0 aliphatic carbocycles. The zero-order chi connectivity index (χ0) is 17.2. The van der Waals surface area contributed by atoms with Crippen molar-refractivity contribution in [3.63, 3.8) is 0 Å². The van der Waals surface area contributed by atoms with E-state index in [0.29, 0.717) is 5.69 Å². The van der Waals surface area contributed by atoms with Gasteiger partial charge in [0.1, 0.15) is 5.75 Å². The number of nitrogens with two attached hydrogens (primary N) is 1. The van der Waals surface area contributed by atoms with Crippen molar-refractivity contribution in [2.75, 3.05) is 5.73 Å². The number of aryl methyl sites for hydroxylation is 1. The molecule has 0 radical (unpaired) electrons. The number of nitro groups is 1. The lowest BCUT2D eigenvalue weighted by Crippen LogP contribution is -2.18. The maximum absolute atomic E-state index is 12.4. The number of hydrogen-bond acceptors (Lipinski definition) is 6. The molecule has 1 heterocycles.